The fourth-order valence-corrected chi connectivity index (χ4v) is 6.79. The van der Waals surface area contributed by atoms with Crippen molar-refractivity contribution in [2.45, 2.75) is 92.9 Å². The SMILES string of the molecule is CCCCN(CCCC)c1ccc([N+](=C2C=CC(=[N+](CCCC)CCCC)C=C2)c2ccc(N(c3ccc(C)cc3)c3ccc(C)cc3)cc2)cc1.[O-][Cl+3]([O-])([O-])[O-].[O-][Cl+3]([O-])([O-])[O-]. The van der Waals surface area contributed by atoms with Crippen molar-refractivity contribution in [2.75, 3.05) is 36.0 Å². The third-order valence-corrected chi connectivity index (χ3v) is 10.0. The molecule has 4 aromatic rings. The molecule has 0 aromatic heterocycles. The van der Waals surface area contributed by atoms with E-state index < -0.39 is 20.5 Å². The Labute approximate surface area is 372 Å². The number of hydrogen-bond acceptors (Lipinski definition) is 10. The number of hydrogen-bond donors (Lipinski definition) is 0. The molecule has 0 unspecified atom stereocenters. The lowest BCUT2D eigenvalue weighted by molar-refractivity contribution is -2.00. The minimum Gasteiger partial charge on any atom is -0.372 e. The molecule has 0 saturated carbocycles. The van der Waals surface area contributed by atoms with Crippen LogP contribution in [-0.4, -0.2) is 42.2 Å². The van der Waals surface area contributed by atoms with Crippen LogP contribution in [-0.2, 0) is 0 Å². The number of rotatable bonds is 18. The third kappa shape index (κ3) is 18.9. The lowest BCUT2D eigenvalue weighted by atomic mass is 10.1. The second-order valence-electron chi connectivity index (χ2n) is 15.0. The van der Waals surface area contributed by atoms with Crippen LogP contribution in [0.3, 0.4) is 0 Å². The molecule has 0 amide bonds. The lowest BCUT2D eigenvalue weighted by Gasteiger charge is -2.26. The molecule has 5 rings (SSSR count). The van der Waals surface area contributed by atoms with Gasteiger partial charge in [0.15, 0.2) is 5.71 Å². The summed E-state index contributed by atoms with van der Waals surface area (Å²) in [5.41, 5.74) is 12.0. The first-order valence-corrected chi connectivity index (χ1v) is 23.7. The summed E-state index contributed by atoms with van der Waals surface area (Å²) in [5.74, 6) is 0. The molecule has 336 valence electrons. The van der Waals surface area contributed by atoms with Gasteiger partial charge >= 0.3 is 0 Å². The van der Waals surface area contributed by atoms with E-state index in [4.69, 9.17) is 37.3 Å². The number of nitrogens with zero attached hydrogens (tertiary/aromatic N) is 4. The van der Waals surface area contributed by atoms with E-state index in [0.29, 0.717) is 0 Å². The molecule has 0 fully saturated rings. The Morgan fingerprint density at radius 3 is 1.06 bits per heavy atom. The van der Waals surface area contributed by atoms with E-state index in [9.17, 15) is 0 Å². The van der Waals surface area contributed by atoms with Gasteiger partial charge in [-0.15, -0.1) is 20.5 Å². The van der Waals surface area contributed by atoms with E-state index in [-0.39, 0.29) is 0 Å². The van der Waals surface area contributed by atoms with Crippen molar-refractivity contribution < 1.29 is 62.3 Å². The van der Waals surface area contributed by atoms with Gasteiger partial charge in [-0.25, -0.2) is 41.8 Å². The van der Waals surface area contributed by atoms with Crippen LogP contribution in [0.5, 0.6) is 0 Å². The maximum absolute atomic E-state index is 8.49. The van der Waals surface area contributed by atoms with Gasteiger partial charge in [0.05, 0.1) is 0 Å². The molecule has 1 aliphatic carbocycles. The van der Waals surface area contributed by atoms with E-state index in [1.807, 2.05) is 0 Å². The van der Waals surface area contributed by atoms with Gasteiger partial charge in [0.1, 0.15) is 13.1 Å². The van der Waals surface area contributed by atoms with Crippen molar-refractivity contribution in [3.05, 3.63) is 132 Å². The van der Waals surface area contributed by atoms with Gasteiger partial charge in [0.25, 0.3) is 0 Å². The molecule has 0 atom stereocenters. The smallest absolute Gasteiger partial charge is 0.212 e. The first-order chi connectivity index (χ1) is 29.4. The number of allylic oxidation sites excluding steroid dienone is 4. The average Bonchev–Trinajstić information content (AvgIpc) is 3.22. The highest BCUT2D eigenvalue weighted by Gasteiger charge is 2.23. The Kier molecular flexibility index (Phi) is 22.0. The van der Waals surface area contributed by atoms with Crippen LogP contribution in [0.25, 0.3) is 0 Å². The number of anilines is 4. The van der Waals surface area contributed by atoms with Crippen molar-refractivity contribution in [3.63, 3.8) is 0 Å². The minimum atomic E-state index is -4.94. The minimum absolute atomic E-state index is 1.10. The molecule has 4 aromatic carbocycles. The number of halogens is 2. The monoisotopic (exact) mass is 892 g/mol. The van der Waals surface area contributed by atoms with Crippen LogP contribution in [0, 0.1) is 34.3 Å². The molecule has 0 bridgehead atoms. The van der Waals surface area contributed by atoms with E-state index in [0.717, 1.165) is 60.3 Å². The summed E-state index contributed by atoms with van der Waals surface area (Å²) < 4.78 is 72.9. The molecular formula is C48H62Cl2N4O8. The summed E-state index contributed by atoms with van der Waals surface area (Å²) in [6.07, 6.45) is 19.0. The van der Waals surface area contributed by atoms with Crippen LogP contribution in [0.1, 0.15) is 90.2 Å². The number of unbranched alkanes of at least 4 members (excludes halogenated alkanes) is 4. The Balaban J connectivity index is 0.000000918. The Morgan fingerprint density at radius 2 is 0.726 bits per heavy atom. The Morgan fingerprint density at radius 1 is 0.419 bits per heavy atom. The summed E-state index contributed by atoms with van der Waals surface area (Å²) in [7, 11) is -9.89. The molecule has 0 spiro atoms. The summed E-state index contributed by atoms with van der Waals surface area (Å²) in [6, 6.07) is 36.0. The molecule has 62 heavy (non-hydrogen) atoms. The van der Waals surface area contributed by atoms with E-state index in [2.05, 4.69) is 182 Å². The first-order valence-electron chi connectivity index (χ1n) is 21.2. The second-order valence-corrected chi connectivity index (χ2v) is 16.5. The number of benzene rings is 4. The summed E-state index contributed by atoms with van der Waals surface area (Å²) in [6.45, 7) is 17.8. The molecular weight excluding hydrogens is 831 g/mol. The molecule has 0 radical (unpaired) electrons. The summed E-state index contributed by atoms with van der Waals surface area (Å²) in [5, 5.41) is 0. The van der Waals surface area contributed by atoms with E-state index in [1.54, 1.807) is 0 Å². The van der Waals surface area contributed by atoms with Crippen molar-refractivity contribution in [1.29, 1.82) is 0 Å². The van der Waals surface area contributed by atoms with Gasteiger partial charge in [-0.3, -0.25) is 0 Å². The highest BCUT2D eigenvalue weighted by molar-refractivity contribution is 6.18. The van der Waals surface area contributed by atoms with Gasteiger partial charge in [0, 0.05) is 97.3 Å². The quantitative estimate of drug-likeness (QED) is 0.106. The van der Waals surface area contributed by atoms with Crippen LogP contribution in [0.4, 0.5) is 34.1 Å². The summed E-state index contributed by atoms with van der Waals surface area (Å²) in [4.78, 5) is 4.91. The zero-order chi connectivity index (χ0) is 45.7. The van der Waals surface area contributed by atoms with Crippen LogP contribution in [0.15, 0.2) is 121 Å². The molecule has 0 heterocycles. The predicted molar refractivity (Wildman–Crippen MR) is 229 cm³/mol. The van der Waals surface area contributed by atoms with Gasteiger partial charge < -0.3 is 9.80 Å². The predicted octanol–water partition coefficient (Wildman–Crippen LogP) is 3.12. The van der Waals surface area contributed by atoms with E-state index in [1.165, 1.54) is 73.9 Å². The molecule has 12 nitrogen and oxygen atoms in total. The maximum atomic E-state index is 8.49. The van der Waals surface area contributed by atoms with Gasteiger partial charge in [-0.2, -0.15) is 4.58 Å². The highest BCUT2D eigenvalue weighted by Crippen LogP contribution is 2.36. The topological polar surface area (TPSA) is 197 Å². The van der Waals surface area contributed by atoms with Gasteiger partial charge in [0.2, 0.25) is 17.1 Å². The normalized spacial score (nSPS) is 12.3. The van der Waals surface area contributed by atoms with Crippen LogP contribution >= 0.6 is 0 Å². The van der Waals surface area contributed by atoms with Crippen molar-refractivity contribution in [2.24, 2.45) is 0 Å². The lowest BCUT2D eigenvalue weighted by Crippen LogP contribution is -2.68. The van der Waals surface area contributed by atoms with Crippen molar-refractivity contribution >= 4 is 45.5 Å². The highest BCUT2D eigenvalue weighted by atomic mass is 35.7. The Bertz CT molecular complexity index is 1940. The zero-order valence-corrected chi connectivity index (χ0v) is 38.4. The largest absolute Gasteiger partial charge is 0.372 e. The van der Waals surface area contributed by atoms with Crippen molar-refractivity contribution in [3.8, 4) is 0 Å². The van der Waals surface area contributed by atoms with Crippen LogP contribution in [0.2, 0.25) is 0 Å². The van der Waals surface area contributed by atoms with Crippen LogP contribution < -0.4 is 51.6 Å². The molecule has 1 aliphatic rings. The zero-order valence-electron chi connectivity index (χ0n) is 36.8. The fraction of sp³-hybridized carbons (Fsp3) is 0.375. The summed E-state index contributed by atoms with van der Waals surface area (Å²) >= 11 is 0. The molecule has 14 heteroatoms. The number of aryl methyl sites for hydroxylation is 2. The second kappa shape index (κ2) is 26.2. The Hall–Kier alpha value is -4.44. The van der Waals surface area contributed by atoms with Gasteiger partial charge in [-0.1, -0.05) is 88.8 Å². The molecule has 0 N–H and O–H groups in total. The third-order valence-electron chi connectivity index (χ3n) is 10.0. The van der Waals surface area contributed by atoms with Gasteiger partial charge in [-0.05, 0) is 75.2 Å². The standard InChI is InChI=1S/C48H62N4.2ClHO4/c1-7-11-35-49(36-12-8-2)41-23-27-45(28-24-41)52(46-29-25-42(26-30-46)50(37-13-9-3)38-14-10-4)48-33-31-47(32-34-48)51(43-19-15-39(5)16-20-43)44-21-17-40(6)18-22-44;2*2-1(3,4)5/h15-34H,7-14,35-38H2,1-6H3;2*(H,2,3,4,5)/q+2;;/p-2. The molecule has 0 aliphatic heterocycles. The molecule has 0 saturated heterocycles. The fourth-order valence-electron chi connectivity index (χ4n) is 6.79. The average molecular weight is 894 g/mol. The first kappa shape index (κ1) is 51.9. The van der Waals surface area contributed by atoms with E-state index >= 15 is 0 Å². The van der Waals surface area contributed by atoms with Crippen molar-refractivity contribution in [1.82, 2.24) is 4.58 Å². The maximum Gasteiger partial charge on any atom is 0.212 e.